The largest absolute Gasteiger partial charge is 0.386 e. The molecule has 1 aliphatic rings. The van der Waals surface area contributed by atoms with Gasteiger partial charge in [0.25, 0.3) is 0 Å². The first kappa shape index (κ1) is 14.3. The average molecular weight is 351 g/mol. The number of hydrogen-bond acceptors (Lipinski definition) is 4. The third-order valence-corrected chi connectivity index (χ3v) is 4.61. The van der Waals surface area contributed by atoms with Crippen molar-refractivity contribution in [2.45, 2.75) is 11.7 Å². The number of rotatable bonds is 3. The number of amides is 1. The van der Waals surface area contributed by atoms with E-state index < -0.39 is 21.4 Å². The fraction of sp³-hybridized carbons (Fsp3) is 0.364. The van der Waals surface area contributed by atoms with E-state index in [1.807, 2.05) is 0 Å². The van der Waals surface area contributed by atoms with Crippen molar-refractivity contribution in [1.29, 1.82) is 0 Å². The Morgan fingerprint density at radius 2 is 2.16 bits per heavy atom. The molecule has 1 unspecified atom stereocenters. The van der Waals surface area contributed by atoms with Crippen molar-refractivity contribution in [2.24, 2.45) is 0 Å². The van der Waals surface area contributed by atoms with E-state index >= 15 is 0 Å². The van der Waals surface area contributed by atoms with Gasteiger partial charge in [-0.2, -0.15) is 8.42 Å². The molecule has 1 fully saturated rings. The molecule has 1 aromatic rings. The van der Waals surface area contributed by atoms with Gasteiger partial charge in [-0.05, 0) is 18.2 Å². The SMILES string of the molecule is CNc1ccc(Br)cc1N1CC(S(=O)(=O)F)CC1=O. The van der Waals surface area contributed by atoms with Crippen molar-refractivity contribution >= 4 is 43.4 Å². The van der Waals surface area contributed by atoms with Crippen LogP contribution in [-0.4, -0.2) is 33.2 Å². The summed E-state index contributed by atoms with van der Waals surface area (Å²) in [5, 5.41) is 1.63. The normalized spacial score (nSPS) is 19.8. The molecule has 0 aliphatic carbocycles. The van der Waals surface area contributed by atoms with Gasteiger partial charge in [0.1, 0.15) is 5.25 Å². The molecule has 0 radical (unpaired) electrons. The highest BCUT2D eigenvalue weighted by Crippen LogP contribution is 2.33. The molecule has 8 heteroatoms. The Morgan fingerprint density at radius 3 is 2.68 bits per heavy atom. The van der Waals surface area contributed by atoms with Crippen molar-refractivity contribution in [3.05, 3.63) is 22.7 Å². The fourth-order valence-electron chi connectivity index (χ4n) is 2.04. The number of carbonyl (C=O) groups excluding carboxylic acids is 1. The van der Waals surface area contributed by atoms with Gasteiger partial charge in [-0.25, -0.2) is 0 Å². The molecule has 0 aromatic heterocycles. The first-order valence-corrected chi connectivity index (χ1v) is 7.78. The summed E-state index contributed by atoms with van der Waals surface area (Å²) in [7, 11) is -3.01. The Hall–Kier alpha value is -1.15. The van der Waals surface area contributed by atoms with Crippen molar-refractivity contribution in [1.82, 2.24) is 0 Å². The summed E-state index contributed by atoms with van der Waals surface area (Å²) < 4.78 is 35.6. The van der Waals surface area contributed by atoms with Crippen LogP contribution in [0.4, 0.5) is 15.3 Å². The molecule has 5 nitrogen and oxygen atoms in total. The Bertz CT molecular complexity index is 620. The molecule has 0 spiro atoms. The quantitative estimate of drug-likeness (QED) is 0.845. The zero-order valence-electron chi connectivity index (χ0n) is 10.1. The maximum atomic E-state index is 13.0. The highest BCUT2D eigenvalue weighted by Gasteiger charge is 2.39. The predicted molar refractivity (Wildman–Crippen MR) is 74.5 cm³/mol. The number of carbonyl (C=O) groups is 1. The maximum Gasteiger partial charge on any atom is 0.307 e. The van der Waals surface area contributed by atoms with Gasteiger partial charge in [-0.1, -0.05) is 15.9 Å². The minimum absolute atomic E-state index is 0.164. The van der Waals surface area contributed by atoms with E-state index in [0.29, 0.717) is 11.4 Å². The van der Waals surface area contributed by atoms with Crippen LogP contribution in [-0.2, 0) is 15.0 Å². The third-order valence-electron chi connectivity index (χ3n) is 3.01. The van der Waals surface area contributed by atoms with Crippen molar-refractivity contribution < 1.29 is 17.1 Å². The smallest absolute Gasteiger partial charge is 0.307 e. The molecule has 1 aliphatic heterocycles. The lowest BCUT2D eigenvalue weighted by Crippen LogP contribution is -2.27. The zero-order chi connectivity index (χ0) is 14.2. The van der Waals surface area contributed by atoms with Crippen molar-refractivity contribution in [3.63, 3.8) is 0 Å². The van der Waals surface area contributed by atoms with Gasteiger partial charge >= 0.3 is 10.2 Å². The molecule has 0 bridgehead atoms. The molecule has 0 saturated carbocycles. The highest BCUT2D eigenvalue weighted by atomic mass is 79.9. The number of halogens is 2. The van der Waals surface area contributed by atoms with Gasteiger partial charge in [-0.3, -0.25) is 4.79 Å². The zero-order valence-corrected chi connectivity index (χ0v) is 12.5. The van der Waals surface area contributed by atoms with Gasteiger partial charge in [0.05, 0.1) is 11.4 Å². The molecule has 19 heavy (non-hydrogen) atoms. The van der Waals surface area contributed by atoms with Crippen molar-refractivity contribution in [3.8, 4) is 0 Å². The number of nitrogens with zero attached hydrogens (tertiary/aromatic N) is 1. The molecule has 2 rings (SSSR count). The summed E-state index contributed by atoms with van der Waals surface area (Å²) in [4.78, 5) is 13.2. The lowest BCUT2D eigenvalue weighted by molar-refractivity contribution is -0.117. The van der Waals surface area contributed by atoms with E-state index in [0.717, 1.165) is 4.47 Å². The monoisotopic (exact) mass is 350 g/mol. The molecular formula is C11H12BrFN2O3S. The van der Waals surface area contributed by atoms with Crippen LogP contribution in [0.3, 0.4) is 0 Å². The van der Waals surface area contributed by atoms with Gasteiger partial charge < -0.3 is 10.2 Å². The van der Waals surface area contributed by atoms with E-state index in [1.54, 1.807) is 25.2 Å². The molecular weight excluding hydrogens is 339 g/mol. The lowest BCUT2D eigenvalue weighted by atomic mass is 10.2. The van der Waals surface area contributed by atoms with Gasteiger partial charge in [0.2, 0.25) is 5.91 Å². The standard InChI is InChI=1S/C11H12BrFN2O3S/c1-14-9-3-2-7(12)4-10(9)15-6-8(5-11(15)16)19(13,17)18/h2-4,8,14H,5-6H2,1H3. The van der Waals surface area contributed by atoms with Crippen LogP contribution in [0.15, 0.2) is 22.7 Å². The van der Waals surface area contributed by atoms with Crippen LogP contribution >= 0.6 is 15.9 Å². The second-order valence-electron chi connectivity index (χ2n) is 4.22. The Kier molecular flexibility index (Phi) is 3.82. The maximum absolute atomic E-state index is 13.0. The summed E-state index contributed by atoms with van der Waals surface area (Å²) >= 11 is 3.29. The lowest BCUT2D eigenvalue weighted by Gasteiger charge is -2.20. The number of nitrogens with one attached hydrogen (secondary N) is 1. The third kappa shape index (κ3) is 2.89. The van der Waals surface area contributed by atoms with Crippen LogP contribution in [0.2, 0.25) is 0 Å². The first-order valence-electron chi connectivity index (χ1n) is 5.54. The molecule has 1 heterocycles. The molecule has 1 aromatic carbocycles. The van der Waals surface area contributed by atoms with Crippen LogP contribution in [0.1, 0.15) is 6.42 Å². The summed E-state index contributed by atoms with van der Waals surface area (Å²) in [5.41, 5.74) is 1.21. The number of anilines is 2. The van der Waals surface area contributed by atoms with E-state index in [4.69, 9.17) is 0 Å². The second kappa shape index (κ2) is 5.09. The molecule has 1 atom stereocenters. The minimum atomic E-state index is -4.70. The Morgan fingerprint density at radius 1 is 1.47 bits per heavy atom. The summed E-state index contributed by atoms with van der Waals surface area (Å²) in [6.45, 7) is -0.164. The van der Waals surface area contributed by atoms with E-state index in [-0.39, 0.29) is 13.0 Å². The van der Waals surface area contributed by atoms with Crippen LogP contribution in [0.25, 0.3) is 0 Å². The first-order chi connectivity index (χ1) is 8.82. The number of hydrogen-bond donors (Lipinski definition) is 1. The van der Waals surface area contributed by atoms with Crippen LogP contribution < -0.4 is 10.2 Å². The number of benzene rings is 1. The second-order valence-corrected chi connectivity index (χ2v) is 6.75. The summed E-state index contributed by atoms with van der Waals surface area (Å²) in [5.74, 6) is -0.402. The van der Waals surface area contributed by atoms with E-state index in [1.165, 1.54) is 4.90 Å². The topological polar surface area (TPSA) is 66.5 Å². The fourth-order valence-corrected chi connectivity index (χ4v) is 3.05. The van der Waals surface area contributed by atoms with Gasteiger partial charge in [0.15, 0.2) is 0 Å². The van der Waals surface area contributed by atoms with Crippen LogP contribution in [0, 0.1) is 0 Å². The molecule has 104 valence electrons. The minimum Gasteiger partial charge on any atom is -0.386 e. The molecule has 1 amide bonds. The van der Waals surface area contributed by atoms with E-state index in [2.05, 4.69) is 21.2 Å². The predicted octanol–water partition coefficient (Wildman–Crippen LogP) is 1.90. The Labute approximate surface area is 119 Å². The summed E-state index contributed by atoms with van der Waals surface area (Å²) in [6, 6.07) is 5.24. The molecule has 1 saturated heterocycles. The Balaban J connectivity index is 2.38. The van der Waals surface area contributed by atoms with Crippen LogP contribution in [0.5, 0.6) is 0 Å². The van der Waals surface area contributed by atoms with Crippen molar-refractivity contribution in [2.75, 3.05) is 23.8 Å². The summed E-state index contributed by atoms with van der Waals surface area (Å²) in [6.07, 6.45) is -0.325. The van der Waals surface area contributed by atoms with Gasteiger partial charge in [0, 0.05) is 24.5 Å². The van der Waals surface area contributed by atoms with Gasteiger partial charge in [-0.15, -0.1) is 3.89 Å². The van der Waals surface area contributed by atoms with E-state index in [9.17, 15) is 17.1 Å². The highest BCUT2D eigenvalue weighted by molar-refractivity contribution is 9.10. The molecule has 1 N–H and O–H groups in total. The average Bonchev–Trinajstić information content (AvgIpc) is 2.71.